The number of carbonyl (C=O) groups is 1. The first-order valence-electron chi connectivity index (χ1n) is 8.53. The third-order valence-corrected chi connectivity index (χ3v) is 4.28. The van der Waals surface area contributed by atoms with Gasteiger partial charge in [0.2, 0.25) is 11.9 Å². The molecule has 0 aliphatic carbocycles. The van der Waals surface area contributed by atoms with Crippen LogP contribution >= 0.6 is 0 Å². The molecule has 1 amide bonds. The summed E-state index contributed by atoms with van der Waals surface area (Å²) in [6.07, 6.45) is 4.52. The van der Waals surface area contributed by atoms with Crippen LogP contribution in [0.1, 0.15) is 45.8 Å². The SMILES string of the molecule is CC(C)C(=O)Nc1nc2c(ncn2C2CC[C@@H](CCCO)O2)c(=O)[nH]1. The molecular formula is C16H23N5O4. The lowest BCUT2D eigenvalue weighted by atomic mass is 10.1. The van der Waals surface area contributed by atoms with Crippen LogP contribution in [0.4, 0.5) is 5.95 Å². The molecule has 25 heavy (non-hydrogen) atoms. The molecule has 1 unspecified atom stereocenters. The van der Waals surface area contributed by atoms with Gasteiger partial charge in [-0.1, -0.05) is 13.8 Å². The molecule has 0 saturated carbocycles. The minimum Gasteiger partial charge on any atom is -0.396 e. The summed E-state index contributed by atoms with van der Waals surface area (Å²) in [4.78, 5) is 35.0. The largest absolute Gasteiger partial charge is 0.396 e. The van der Waals surface area contributed by atoms with Gasteiger partial charge in [-0.3, -0.25) is 24.5 Å². The van der Waals surface area contributed by atoms with Gasteiger partial charge in [-0.05, 0) is 25.7 Å². The predicted molar refractivity (Wildman–Crippen MR) is 91.1 cm³/mol. The van der Waals surface area contributed by atoms with Gasteiger partial charge >= 0.3 is 0 Å². The summed E-state index contributed by atoms with van der Waals surface area (Å²) < 4.78 is 7.72. The quantitative estimate of drug-likeness (QED) is 0.719. The average Bonchev–Trinajstić information content (AvgIpc) is 3.19. The summed E-state index contributed by atoms with van der Waals surface area (Å²) in [5.74, 6) is -0.348. The Morgan fingerprint density at radius 2 is 2.32 bits per heavy atom. The number of hydrogen-bond donors (Lipinski definition) is 3. The number of ether oxygens (including phenoxy) is 1. The van der Waals surface area contributed by atoms with Crippen LogP contribution in [0.3, 0.4) is 0 Å². The highest BCUT2D eigenvalue weighted by molar-refractivity contribution is 5.91. The number of anilines is 1. The second-order valence-electron chi connectivity index (χ2n) is 6.54. The summed E-state index contributed by atoms with van der Waals surface area (Å²) in [6, 6.07) is 0. The number of aliphatic hydroxyl groups is 1. The van der Waals surface area contributed by atoms with Gasteiger partial charge < -0.3 is 9.84 Å². The monoisotopic (exact) mass is 349 g/mol. The smallest absolute Gasteiger partial charge is 0.280 e. The second-order valence-corrected chi connectivity index (χ2v) is 6.54. The molecule has 2 atom stereocenters. The van der Waals surface area contributed by atoms with E-state index in [2.05, 4.69) is 20.3 Å². The van der Waals surface area contributed by atoms with Crippen LogP contribution in [-0.2, 0) is 9.53 Å². The van der Waals surface area contributed by atoms with Gasteiger partial charge in [-0.15, -0.1) is 0 Å². The third-order valence-electron chi connectivity index (χ3n) is 4.28. The Morgan fingerprint density at radius 1 is 1.52 bits per heavy atom. The maximum atomic E-state index is 12.2. The number of aliphatic hydroxyl groups excluding tert-OH is 1. The van der Waals surface area contributed by atoms with Gasteiger partial charge in [0.1, 0.15) is 6.23 Å². The normalized spacial score (nSPS) is 20.5. The van der Waals surface area contributed by atoms with Crippen LogP contribution in [0.5, 0.6) is 0 Å². The minimum absolute atomic E-state index is 0.0803. The van der Waals surface area contributed by atoms with Crippen molar-refractivity contribution in [3.05, 3.63) is 16.7 Å². The lowest BCUT2D eigenvalue weighted by molar-refractivity contribution is -0.118. The van der Waals surface area contributed by atoms with Crippen molar-refractivity contribution >= 4 is 23.0 Å². The van der Waals surface area contributed by atoms with Crippen molar-refractivity contribution in [3.8, 4) is 0 Å². The Kier molecular flexibility index (Phi) is 5.14. The zero-order chi connectivity index (χ0) is 18.0. The number of nitrogens with zero attached hydrogens (tertiary/aromatic N) is 3. The zero-order valence-corrected chi connectivity index (χ0v) is 14.4. The highest BCUT2D eigenvalue weighted by Crippen LogP contribution is 2.31. The number of aromatic amines is 1. The zero-order valence-electron chi connectivity index (χ0n) is 14.4. The van der Waals surface area contributed by atoms with Gasteiger partial charge in [0, 0.05) is 12.5 Å². The maximum absolute atomic E-state index is 12.2. The van der Waals surface area contributed by atoms with Gasteiger partial charge in [0.05, 0.1) is 12.4 Å². The molecule has 136 valence electrons. The highest BCUT2D eigenvalue weighted by Gasteiger charge is 2.28. The van der Waals surface area contributed by atoms with E-state index in [1.54, 1.807) is 24.7 Å². The van der Waals surface area contributed by atoms with E-state index in [1.807, 2.05) is 0 Å². The molecule has 1 saturated heterocycles. The fourth-order valence-electron chi connectivity index (χ4n) is 2.88. The van der Waals surface area contributed by atoms with Gasteiger partial charge in [-0.25, -0.2) is 4.98 Å². The Bertz CT molecular complexity index is 812. The number of nitrogens with one attached hydrogen (secondary N) is 2. The molecule has 1 aliphatic heterocycles. The molecule has 0 radical (unpaired) electrons. The van der Waals surface area contributed by atoms with E-state index in [1.165, 1.54) is 0 Å². The van der Waals surface area contributed by atoms with Crippen LogP contribution in [0.15, 0.2) is 11.1 Å². The molecule has 3 N–H and O–H groups in total. The van der Waals surface area contributed by atoms with Crippen molar-refractivity contribution in [2.24, 2.45) is 5.92 Å². The average molecular weight is 349 g/mol. The number of rotatable bonds is 6. The first-order chi connectivity index (χ1) is 12.0. The number of aromatic nitrogens is 4. The Balaban J connectivity index is 1.86. The van der Waals surface area contributed by atoms with Crippen LogP contribution in [0.2, 0.25) is 0 Å². The van der Waals surface area contributed by atoms with E-state index in [0.29, 0.717) is 12.1 Å². The van der Waals surface area contributed by atoms with Crippen molar-refractivity contribution in [2.45, 2.75) is 51.9 Å². The summed E-state index contributed by atoms with van der Waals surface area (Å²) in [6.45, 7) is 3.67. The van der Waals surface area contributed by atoms with E-state index in [9.17, 15) is 9.59 Å². The lowest BCUT2D eigenvalue weighted by Gasteiger charge is -2.15. The first-order valence-corrected chi connectivity index (χ1v) is 8.53. The molecule has 3 heterocycles. The molecule has 3 rings (SSSR count). The molecule has 9 heteroatoms. The summed E-state index contributed by atoms with van der Waals surface area (Å²) in [7, 11) is 0. The molecule has 2 aromatic heterocycles. The number of amides is 1. The van der Waals surface area contributed by atoms with Crippen LogP contribution in [0, 0.1) is 5.92 Å². The molecule has 9 nitrogen and oxygen atoms in total. The first kappa shape index (κ1) is 17.6. The number of fused-ring (bicyclic) bond motifs is 1. The fourth-order valence-corrected chi connectivity index (χ4v) is 2.88. The Labute approximate surface area is 144 Å². The van der Waals surface area contributed by atoms with Gasteiger partial charge in [-0.2, -0.15) is 4.98 Å². The van der Waals surface area contributed by atoms with Crippen molar-refractivity contribution in [1.82, 2.24) is 19.5 Å². The van der Waals surface area contributed by atoms with Crippen molar-refractivity contribution in [3.63, 3.8) is 0 Å². The second kappa shape index (κ2) is 7.32. The van der Waals surface area contributed by atoms with Gasteiger partial charge in [0.25, 0.3) is 5.56 Å². The van der Waals surface area contributed by atoms with E-state index in [4.69, 9.17) is 9.84 Å². The molecule has 0 bridgehead atoms. The number of H-pyrrole nitrogens is 1. The molecule has 2 aromatic rings. The predicted octanol–water partition coefficient (Wildman–Crippen LogP) is 1.16. The van der Waals surface area contributed by atoms with E-state index in [0.717, 1.165) is 19.3 Å². The molecule has 0 spiro atoms. The maximum Gasteiger partial charge on any atom is 0.280 e. The van der Waals surface area contributed by atoms with Crippen LogP contribution in [-0.4, -0.2) is 43.2 Å². The van der Waals surface area contributed by atoms with Crippen LogP contribution < -0.4 is 10.9 Å². The highest BCUT2D eigenvalue weighted by atomic mass is 16.5. The molecule has 0 aromatic carbocycles. The van der Waals surface area contributed by atoms with Crippen molar-refractivity contribution in [2.75, 3.05) is 11.9 Å². The van der Waals surface area contributed by atoms with Crippen molar-refractivity contribution in [1.29, 1.82) is 0 Å². The molecule has 1 fully saturated rings. The van der Waals surface area contributed by atoms with Crippen molar-refractivity contribution < 1.29 is 14.6 Å². The third kappa shape index (κ3) is 3.72. The van der Waals surface area contributed by atoms with Crippen LogP contribution in [0.25, 0.3) is 11.2 Å². The fraction of sp³-hybridized carbons (Fsp3) is 0.625. The Hall–Kier alpha value is -2.26. The number of imidazole rings is 1. The number of hydrogen-bond acceptors (Lipinski definition) is 6. The molecular weight excluding hydrogens is 326 g/mol. The number of carbonyl (C=O) groups excluding carboxylic acids is 1. The van der Waals surface area contributed by atoms with E-state index < -0.39 is 5.56 Å². The van der Waals surface area contributed by atoms with E-state index >= 15 is 0 Å². The standard InChI is InChI=1S/C16H23N5O4/c1-9(2)14(23)19-16-18-13-12(15(24)20-16)17-8-21(13)11-6-5-10(25-11)4-3-7-22/h8-11,22H,3-7H2,1-2H3,(H2,18,19,20,23,24)/t10-,11?/m1/s1. The van der Waals surface area contributed by atoms with E-state index in [-0.39, 0.29) is 42.2 Å². The summed E-state index contributed by atoms with van der Waals surface area (Å²) in [5, 5.41) is 11.5. The summed E-state index contributed by atoms with van der Waals surface area (Å²) in [5.41, 5.74) is 0.193. The minimum atomic E-state index is -0.405. The summed E-state index contributed by atoms with van der Waals surface area (Å²) >= 11 is 0. The Morgan fingerprint density at radius 3 is 3.04 bits per heavy atom. The molecule has 1 aliphatic rings. The lowest BCUT2D eigenvalue weighted by Crippen LogP contribution is -2.22. The van der Waals surface area contributed by atoms with Gasteiger partial charge in [0.15, 0.2) is 11.2 Å². The topological polar surface area (TPSA) is 122 Å².